The van der Waals surface area contributed by atoms with E-state index in [9.17, 15) is 40.6 Å². The predicted molar refractivity (Wildman–Crippen MR) is 151 cm³/mol. The van der Waals surface area contributed by atoms with E-state index in [0.29, 0.717) is 23.0 Å². The van der Waals surface area contributed by atoms with E-state index in [0.717, 1.165) is 43.9 Å². The Kier molecular flexibility index (Phi) is 13.3. The average Bonchev–Trinajstić information content (AvgIpc) is 2.97. The van der Waals surface area contributed by atoms with Crippen LogP contribution in [-0.2, 0) is 16.1 Å². The molecule has 0 unspecified atom stereocenters. The lowest BCUT2D eigenvalue weighted by molar-refractivity contribution is -0.193. The topological polar surface area (TPSA) is 143 Å². The summed E-state index contributed by atoms with van der Waals surface area (Å²) < 4.78 is 76.6. The van der Waals surface area contributed by atoms with Gasteiger partial charge in [0.05, 0.1) is 0 Å². The average molecular weight is 663 g/mol. The number of hydrogen-bond donors (Lipinski definition) is 4. The Hall–Kier alpha value is -4.93. The second kappa shape index (κ2) is 16.4. The van der Waals surface area contributed by atoms with E-state index in [1.807, 2.05) is 31.3 Å². The van der Waals surface area contributed by atoms with Crippen molar-refractivity contribution >= 4 is 29.4 Å². The Morgan fingerprint density at radius 1 is 0.913 bits per heavy atom. The molecule has 10 nitrogen and oxygen atoms in total. The van der Waals surface area contributed by atoms with Gasteiger partial charge in [0.1, 0.15) is 17.4 Å². The molecule has 0 spiro atoms. The van der Waals surface area contributed by atoms with Crippen molar-refractivity contribution in [1.82, 2.24) is 9.88 Å². The second-order valence-corrected chi connectivity index (χ2v) is 9.76. The van der Waals surface area contributed by atoms with Crippen molar-refractivity contribution in [1.29, 1.82) is 0 Å². The number of aromatic hydroxyl groups is 1. The molecule has 4 N–H and O–H groups in total. The lowest BCUT2D eigenvalue weighted by atomic mass is 10.0. The number of carboxylic acid groups (broad SMARTS) is 2. The van der Waals surface area contributed by atoms with E-state index in [-0.39, 0.29) is 11.7 Å². The van der Waals surface area contributed by atoms with E-state index in [2.05, 4.69) is 20.1 Å². The van der Waals surface area contributed by atoms with Gasteiger partial charge in [-0.1, -0.05) is 12.1 Å². The highest BCUT2D eigenvalue weighted by atomic mass is 19.4. The standard InChI is InChI=1S/C25H27FN4O2.2C2HF3O2/c1-29(22-10-13-30(14-11-22)17-18-3-2-4-23(31)15-18)24-16-21(9-12-27-24)28-25(32)19-5-7-20(26)8-6-19;2*3-2(4,5)1(6)7/h2-9,12,15-16,22,31H,10-11,13-14,17H2,1H3,(H,27,28,32);2*(H,6,7). The number of piperidine rings is 1. The summed E-state index contributed by atoms with van der Waals surface area (Å²) in [6.07, 6.45) is -6.48. The van der Waals surface area contributed by atoms with E-state index in [4.69, 9.17) is 19.8 Å². The van der Waals surface area contributed by atoms with Gasteiger partial charge in [-0.15, -0.1) is 0 Å². The summed E-state index contributed by atoms with van der Waals surface area (Å²) in [6, 6.07) is 16.8. The Morgan fingerprint density at radius 2 is 1.46 bits per heavy atom. The van der Waals surface area contributed by atoms with Crippen molar-refractivity contribution in [3.05, 3.63) is 83.8 Å². The van der Waals surface area contributed by atoms with Crippen molar-refractivity contribution in [2.75, 3.05) is 30.4 Å². The molecule has 3 aromatic rings. The summed E-state index contributed by atoms with van der Waals surface area (Å²) in [5.74, 6) is -5.07. The Bertz CT molecular complexity index is 1440. The van der Waals surface area contributed by atoms with Crippen LogP contribution in [0.1, 0.15) is 28.8 Å². The molecular weight excluding hydrogens is 633 g/mol. The molecule has 0 atom stereocenters. The summed E-state index contributed by atoms with van der Waals surface area (Å²) in [5.41, 5.74) is 2.16. The molecular formula is C29H29F7N4O6. The maximum atomic E-state index is 13.1. The van der Waals surface area contributed by atoms with Crippen LogP contribution in [0.15, 0.2) is 66.9 Å². The number of pyridine rings is 1. The summed E-state index contributed by atoms with van der Waals surface area (Å²) in [7, 11) is 2.03. The number of nitrogens with zero attached hydrogens (tertiary/aromatic N) is 3. The van der Waals surface area contributed by atoms with Gasteiger partial charge in [0, 0.05) is 56.2 Å². The fourth-order valence-corrected chi connectivity index (χ4v) is 4.06. The summed E-state index contributed by atoms with van der Waals surface area (Å²) >= 11 is 0. The van der Waals surface area contributed by atoms with Crippen LogP contribution in [0.4, 0.5) is 42.2 Å². The first kappa shape index (κ1) is 37.3. The molecule has 2 aromatic carbocycles. The zero-order chi connectivity index (χ0) is 34.7. The van der Waals surface area contributed by atoms with E-state index in [1.165, 1.54) is 24.3 Å². The number of rotatable bonds is 6. The van der Waals surface area contributed by atoms with Crippen LogP contribution >= 0.6 is 0 Å². The number of hydrogen-bond acceptors (Lipinski definition) is 7. The third-order valence-corrected chi connectivity index (χ3v) is 6.38. The van der Waals surface area contributed by atoms with Gasteiger partial charge in [-0.2, -0.15) is 26.3 Å². The van der Waals surface area contributed by atoms with Crippen LogP contribution < -0.4 is 10.2 Å². The molecule has 1 aromatic heterocycles. The van der Waals surface area contributed by atoms with Crippen LogP contribution in [0.25, 0.3) is 0 Å². The highest BCUT2D eigenvalue weighted by molar-refractivity contribution is 6.04. The zero-order valence-corrected chi connectivity index (χ0v) is 24.0. The third kappa shape index (κ3) is 12.6. The third-order valence-electron chi connectivity index (χ3n) is 6.38. The number of aromatic nitrogens is 1. The summed E-state index contributed by atoms with van der Waals surface area (Å²) in [6.45, 7) is 2.76. The number of carbonyl (C=O) groups excluding carboxylic acids is 1. The molecule has 0 aliphatic carbocycles. The minimum atomic E-state index is -5.08. The summed E-state index contributed by atoms with van der Waals surface area (Å²) in [4.78, 5) is 39.3. The minimum absolute atomic E-state index is 0.287. The second-order valence-electron chi connectivity index (χ2n) is 9.76. The first-order valence-electron chi connectivity index (χ1n) is 13.2. The molecule has 4 rings (SSSR count). The minimum Gasteiger partial charge on any atom is -0.508 e. The smallest absolute Gasteiger partial charge is 0.490 e. The molecule has 1 amide bonds. The SMILES string of the molecule is CN(c1cc(NC(=O)c2ccc(F)cc2)ccn1)C1CCN(Cc2cccc(O)c2)CC1.O=C(O)C(F)(F)F.O=C(O)C(F)(F)F. The fourth-order valence-electron chi connectivity index (χ4n) is 4.06. The van der Waals surface area contributed by atoms with E-state index >= 15 is 0 Å². The number of anilines is 2. The van der Waals surface area contributed by atoms with Crippen LogP contribution in [0.3, 0.4) is 0 Å². The first-order chi connectivity index (χ1) is 21.4. The van der Waals surface area contributed by atoms with Crippen LogP contribution in [0, 0.1) is 5.82 Å². The molecule has 17 heteroatoms. The number of amides is 1. The van der Waals surface area contributed by atoms with Crippen molar-refractivity contribution in [2.24, 2.45) is 0 Å². The maximum absolute atomic E-state index is 13.1. The quantitative estimate of drug-likeness (QED) is 0.250. The maximum Gasteiger partial charge on any atom is 0.490 e. The van der Waals surface area contributed by atoms with Crippen molar-refractivity contribution in [2.45, 2.75) is 37.8 Å². The number of phenols is 1. The van der Waals surface area contributed by atoms with Crippen LogP contribution in [0.2, 0.25) is 0 Å². The number of benzene rings is 2. The largest absolute Gasteiger partial charge is 0.508 e. The van der Waals surface area contributed by atoms with Crippen LogP contribution in [-0.4, -0.2) is 81.6 Å². The van der Waals surface area contributed by atoms with Gasteiger partial charge in [0.25, 0.3) is 5.91 Å². The number of phenolic OH excluding ortho intramolecular Hbond substituents is 1. The van der Waals surface area contributed by atoms with Gasteiger partial charge < -0.3 is 25.5 Å². The molecule has 2 heterocycles. The Balaban J connectivity index is 0.000000440. The molecule has 1 aliphatic heterocycles. The molecule has 1 fully saturated rings. The number of nitrogens with one attached hydrogen (secondary N) is 1. The molecule has 0 saturated carbocycles. The van der Waals surface area contributed by atoms with Gasteiger partial charge in [-0.25, -0.2) is 19.0 Å². The molecule has 46 heavy (non-hydrogen) atoms. The van der Waals surface area contributed by atoms with E-state index in [1.54, 1.807) is 18.3 Å². The number of alkyl halides is 6. The molecule has 0 bridgehead atoms. The fraction of sp³-hybridized carbons (Fsp3) is 0.310. The van der Waals surface area contributed by atoms with Gasteiger partial charge in [-0.3, -0.25) is 9.69 Å². The number of aliphatic carboxylic acids is 2. The Morgan fingerprint density at radius 3 is 1.96 bits per heavy atom. The predicted octanol–water partition coefficient (Wildman–Crippen LogP) is 5.55. The van der Waals surface area contributed by atoms with Gasteiger partial charge >= 0.3 is 24.3 Å². The van der Waals surface area contributed by atoms with Gasteiger partial charge in [0.2, 0.25) is 0 Å². The zero-order valence-electron chi connectivity index (χ0n) is 24.0. The van der Waals surface area contributed by atoms with E-state index < -0.39 is 24.3 Å². The van der Waals surface area contributed by atoms with Gasteiger partial charge in [0.15, 0.2) is 0 Å². The molecule has 1 aliphatic rings. The van der Waals surface area contributed by atoms with Crippen molar-refractivity contribution in [3.8, 4) is 5.75 Å². The number of carbonyl (C=O) groups is 3. The van der Waals surface area contributed by atoms with Gasteiger partial charge in [-0.05, 0) is 60.9 Å². The molecule has 250 valence electrons. The summed E-state index contributed by atoms with van der Waals surface area (Å²) in [5, 5.41) is 26.8. The number of halogens is 7. The lowest BCUT2D eigenvalue weighted by Gasteiger charge is -2.37. The highest BCUT2D eigenvalue weighted by Crippen LogP contribution is 2.24. The van der Waals surface area contributed by atoms with Crippen LogP contribution in [0.5, 0.6) is 5.75 Å². The van der Waals surface area contributed by atoms with Crippen molar-refractivity contribution in [3.63, 3.8) is 0 Å². The lowest BCUT2D eigenvalue weighted by Crippen LogP contribution is -2.43. The Labute approximate surface area is 257 Å². The number of likely N-dealkylation sites (tertiary alicyclic amines) is 1. The highest BCUT2D eigenvalue weighted by Gasteiger charge is 2.38. The molecule has 0 radical (unpaired) electrons. The first-order valence-corrected chi connectivity index (χ1v) is 13.2. The number of carboxylic acids is 2. The van der Waals surface area contributed by atoms with Crippen molar-refractivity contribution < 1.29 is 60.4 Å². The normalized spacial score (nSPS) is 13.7. The molecule has 1 saturated heterocycles. The monoisotopic (exact) mass is 662 g/mol.